The van der Waals surface area contributed by atoms with Gasteiger partial charge in [-0.25, -0.2) is 13.1 Å². The van der Waals surface area contributed by atoms with E-state index in [1.165, 1.54) is 12.1 Å². The third-order valence-corrected chi connectivity index (χ3v) is 6.77. The molecule has 1 fully saturated rings. The molecule has 160 valence electrons. The number of halogens is 1. The Bertz CT molecular complexity index is 1030. The summed E-state index contributed by atoms with van der Waals surface area (Å²) >= 11 is 3.32. The maximum atomic E-state index is 12.6. The molecule has 30 heavy (non-hydrogen) atoms. The molecular formula is C21H24BrN3O4S. The molecule has 3 rings (SSSR count). The number of nitrogens with one attached hydrogen (secondary N) is 3. The molecule has 1 aliphatic carbocycles. The van der Waals surface area contributed by atoms with Crippen molar-refractivity contribution in [3.63, 3.8) is 0 Å². The van der Waals surface area contributed by atoms with Crippen LogP contribution in [0.4, 0.5) is 5.69 Å². The van der Waals surface area contributed by atoms with Gasteiger partial charge in [-0.1, -0.05) is 19.1 Å². The second-order valence-electron chi connectivity index (χ2n) is 7.21. The van der Waals surface area contributed by atoms with Crippen molar-refractivity contribution < 1.29 is 18.0 Å². The molecule has 9 heteroatoms. The van der Waals surface area contributed by atoms with E-state index in [-0.39, 0.29) is 34.9 Å². The van der Waals surface area contributed by atoms with Crippen LogP contribution in [-0.2, 0) is 21.4 Å². The molecule has 0 unspecified atom stereocenters. The number of carbonyl (C=O) groups is 2. The van der Waals surface area contributed by atoms with Crippen molar-refractivity contribution in [2.24, 2.45) is 0 Å². The van der Waals surface area contributed by atoms with Crippen LogP contribution in [0.3, 0.4) is 0 Å². The minimum Gasteiger partial charge on any atom is -0.348 e. The molecule has 0 heterocycles. The predicted octanol–water partition coefficient (Wildman–Crippen LogP) is 3.56. The number of amides is 2. The second kappa shape index (κ2) is 9.72. The molecule has 0 radical (unpaired) electrons. The molecule has 1 aliphatic rings. The van der Waals surface area contributed by atoms with E-state index in [1.807, 2.05) is 19.1 Å². The fourth-order valence-electron chi connectivity index (χ4n) is 2.77. The van der Waals surface area contributed by atoms with Gasteiger partial charge in [0, 0.05) is 29.2 Å². The van der Waals surface area contributed by atoms with E-state index in [0.717, 1.165) is 24.8 Å². The van der Waals surface area contributed by atoms with Crippen LogP contribution in [-0.4, -0.2) is 26.3 Å². The van der Waals surface area contributed by atoms with Crippen molar-refractivity contribution >= 4 is 43.5 Å². The molecule has 2 aromatic carbocycles. The number of carbonyl (C=O) groups excluding carboxylic acids is 2. The lowest BCUT2D eigenvalue weighted by Gasteiger charge is -2.11. The lowest BCUT2D eigenvalue weighted by molar-refractivity contribution is -0.116. The highest BCUT2D eigenvalue weighted by Crippen LogP contribution is 2.25. The molecule has 0 spiro atoms. The third kappa shape index (κ3) is 6.13. The van der Waals surface area contributed by atoms with Crippen LogP contribution in [0, 0.1) is 0 Å². The highest BCUT2D eigenvalue weighted by atomic mass is 79.9. The molecule has 0 atom stereocenters. The summed E-state index contributed by atoms with van der Waals surface area (Å²) in [7, 11) is -3.64. The van der Waals surface area contributed by atoms with Gasteiger partial charge < -0.3 is 10.6 Å². The summed E-state index contributed by atoms with van der Waals surface area (Å²) in [5.74, 6) is -0.417. The van der Waals surface area contributed by atoms with Gasteiger partial charge in [-0.3, -0.25) is 9.59 Å². The van der Waals surface area contributed by atoms with Crippen LogP contribution >= 0.6 is 15.9 Å². The first-order valence-electron chi connectivity index (χ1n) is 9.77. The molecule has 2 amide bonds. The van der Waals surface area contributed by atoms with Gasteiger partial charge in [0.25, 0.3) is 5.91 Å². The van der Waals surface area contributed by atoms with E-state index in [4.69, 9.17) is 0 Å². The number of hydrogen-bond acceptors (Lipinski definition) is 4. The van der Waals surface area contributed by atoms with E-state index in [0.29, 0.717) is 16.6 Å². The summed E-state index contributed by atoms with van der Waals surface area (Å²) < 4.78 is 27.9. The molecule has 3 N–H and O–H groups in total. The molecule has 0 aliphatic heterocycles. The standard InChI is InChI=1S/C21H24BrN3O4S/c1-2-3-20(26)24-15-6-4-14(5-7-15)13-23-21(27)18-12-17(10-11-19(18)22)30(28,29)25-16-8-9-16/h4-7,10-12,16,25H,2-3,8-9,13H2,1H3,(H,23,27)(H,24,26). The predicted molar refractivity (Wildman–Crippen MR) is 119 cm³/mol. The Labute approximate surface area is 184 Å². The van der Waals surface area contributed by atoms with Gasteiger partial charge in [-0.2, -0.15) is 0 Å². The van der Waals surface area contributed by atoms with E-state index < -0.39 is 10.0 Å². The maximum Gasteiger partial charge on any atom is 0.252 e. The van der Waals surface area contributed by atoms with Gasteiger partial charge in [0.1, 0.15) is 0 Å². The van der Waals surface area contributed by atoms with Crippen molar-refractivity contribution in [1.82, 2.24) is 10.0 Å². The highest BCUT2D eigenvalue weighted by molar-refractivity contribution is 9.10. The minimum atomic E-state index is -3.64. The fraction of sp³-hybridized carbons (Fsp3) is 0.333. The van der Waals surface area contributed by atoms with Crippen LogP contribution in [0.5, 0.6) is 0 Å². The molecule has 0 aromatic heterocycles. The first-order valence-corrected chi connectivity index (χ1v) is 12.0. The average Bonchev–Trinajstić information content (AvgIpc) is 3.51. The Hall–Kier alpha value is -2.23. The van der Waals surface area contributed by atoms with Gasteiger partial charge >= 0.3 is 0 Å². The Morgan fingerprint density at radius 3 is 2.43 bits per heavy atom. The van der Waals surface area contributed by atoms with Crippen molar-refractivity contribution in [2.75, 3.05) is 5.32 Å². The molecule has 0 bridgehead atoms. The zero-order valence-corrected chi connectivity index (χ0v) is 19.0. The minimum absolute atomic E-state index is 0.00866. The molecular weight excluding hydrogens is 470 g/mol. The van der Waals surface area contributed by atoms with Gasteiger partial charge in [0.15, 0.2) is 0 Å². The maximum absolute atomic E-state index is 12.6. The summed E-state index contributed by atoms with van der Waals surface area (Å²) in [6.07, 6.45) is 2.93. The SMILES string of the molecule is CCCC(=O)Nc1ccc(CNC(=O)c2cc(S(=O)(=O)NC3CC3)ccc2Br)cc1. The van der Waals surface area contributed by atoms with Crippen molar-refractivity contribution in [3.8, 4) is 0 Å². The summed E-state index contributed by atoms with van der Waals surface area (Å²) in [5, 5.41) is 5.61. The van der Waals surface area contributed by atoms with Crippen LogP contribution < -0.4 is 15.4 Å². The smallest absolute Gasteiger partial charge is 0.252 e. The van der Waals surface area contributed by atoms with Crippen LogP contribution in [0.15, 0.2) is 51.8 Å². The zero-order valence-electron chi connectivity index (χ0n) is 16.6. The Balaban J connectivity index is 1.63. The lowest BCUT2D eigenvalue weighted by Crippen LogP contribution is -2.27. The van der Waals surface area contributed by atoms with Crippen LogP contribution in [0.25, 0.3) is 0 Å². The van der Waals surface area contributed by atoms with Crippen LogP contribution in [0.1, 0.15) is 48.5 Å². The Morgan fingerprint density at radius 1 is 1.10 bits per heavy atom. The third-order valence-electron chi connectivity index (χ3n) is 4.56. The van der Waals surface area contributed by atoms with Crippen molar-refractivity contribution in [3.05, 3.63) is 58.1 Å². The first kappa shape index (κ1) is 22.5. The van der Waals surface area contributed by atoms with Crippen molar-refractivity contribution in [1.29, 1.82) is 0 Å². The number of rotatable bonds is 9. The number of hydrogen-bond donors (Lipinski definition) is 3. The fourth-order valence-corrected chi connectivity index (χ4v) is 4.53. The average molecular weight is 494 g/mol. The van der Waals surface area contributed by atoms with Crippen molar-refractivity contribution in [2.45, 2.75) is 50.1 Å². The van der Waals surface area contributed by atoms with Gasteiger partial charge in [0.05, 0.1) is 10.5 Å². The summed E-state index contributed by atoms with van der Waals surface area (Å²) in [6, 6.07) is 11.6. The van der Waals surface area contributed by atoms with E-state index >= 15 is 0 Å². The van der Waals surface area contributed by atoms with Crippen LogP contribution in [0.2, 0.25) is 0 Å². The van der Waals surface area contributed by atoms with E-state index in [2.05, 4.69) is 31.3 Å². The normalized spacial score (nSPS) is 13.7. The Kier molecular flexibility index (Phi) is 7.27. The Morgan fingerprint density at radius 2 is 1.80 bits per heavy atom. The lowest BCUT2D eigenvalue weighted by atomic mass is 10.1. The van der Waals surface area contributed by atoms with E-state index in [1.54, 1.807) is 18.2 Å². The topological polar surface area (TPSA) is 104 Å². The monoisotopic (exact) mass is 493 g/mol. The first-order chi connectivity index (χ1) is 14.3. The highest BCUT2D eigenvalue weighted by Gasteiger charge is 2.28. The van der Waals surface area contributed by atoms with Gasteiger partial charge in [0.2, 0.25) is 15.9 Å². The summed E-state index contributed by atoms with van der Waals surface area (Å²) in [5.41, 5.74) is 1.80. The summed E-state index contributed by atoms with van der Waals surface area (Å²) in [4.78, 5) is 24.3. The van der Waals surface area contributed by atoms with E-state index in [9.17, 15) is 18.0 Å². The molecule has 1 saturated carbocycles. The molecule has 2 aromatic rings. The van der Waals surface area contributed by atoms with Gasteiger partial charge in [-0.15, -0.1) is 0 Å². The zero-order chi connectivity index (χ0) is 21.7. The van der Waals surface area contributed by atoms with Gasteiger partial charge in [-0.05, 0) is 71.1 Å². The number of sulfonamides is 1. The number of anilines is 1. The summed E-state index contributed by atoms with van der Waals surface area (Å²) in [6.45, 7) is 2.21. The molecule has 7 nitrogen and oxygen atoms in total. The quantitative estimate of drug-likeness (QED) is 0.496. The second-order valence-corrected chi connectivity index (χ2v) is 9.78. The largest absolute Gasteiger partial charge is 0.348 e. The molecule has 0 saturated heterocycles. The number of benzene rings is 2.